The minimum Gasteiger partial charge on any atom is -0.591 e. The third-order valence-electron chi connectivity index (χ3n) is 1.39. The van der Waals surface area contributed by atoms with Crippen molar-refractivity contribution in [1.82, 2.24) is 10.6 Å². The van der Waals surface area contributed by atoms with Gasteiger partial charge >= 0.3 is 0 Å². The molecule has 2 N–H and O–H groups in total. The molecule has 0 aromatic heterocycles. The first-order valence-electron chi connectivity index (χ1n) is 3.91. The molecule has 0 bridgehead atoms. The molecule has 1 atom stereocenters. The number of ether oxygens (including phenoxy) is 1. The van der Waals surface area contributed by atoms with Gasteiger partial charge in [-0.05, 0) is 19.4 Å². The molecular weight excluding hydrogens is 162 g/mol. The lowest BCUT2D eigenvalue weighted by atomic mass is 10.6. The minimum atomic E-state index is -0.239. The van der Waals surface area contributed by atoms with Crippen LogP contribution in [0.1, 0.15) is 13.8 Å². The molecule has 6 heteroatoms. The zero-order valence-corrected chi connectivity index (χ0v) is 7.79. The molecule has 0 aromatic carbocycles. The van der Waals surface area contributed by atoms with E-state index in [-0.39, 0.29) is 12.1 Å². The van der Waals surface area contributed by atoms with Gasteiger partial charge in [0.25, 0.3) is 0 Å². The van der Waals surface area contributed by atoms with Gasteiger partial charge in [0.2, 0.25) is 0 Å². The summed E-state index contributed by atoms with van der Waals surface area (Å²) >= 11 is 0. The lowest BCUT2D eigenvalue weighted by Crippen LogP contribution is -3.20. The SMILES string of the molecule is CCN(CC)[NH+]([O-])NOCOC. The van der Waals surface area contributed by atoms with Crippen molar-refractivity contribution in [2.24, 2.45) is 0 Å². The third-order valence-corrected chi connectivity index (χ3v) is 1.39. The number of hydrogen-bond donors (Lipinski definition) is 2. The van der Waals surface area contributed by atoms with Crippen molar-refractivity contribution >= 4 is 0 Å². The van der Waals surface area contributed by atoms with Crippen LogP contribution < -0.4 is 10.9 Å². The number of quaternary nitrogens is 1. The van der Waals surface area contributed by atoms with Gasteiger partial charge in [0.05, 0.1) is 0 Å². The first-order chi connectivity index (χ1) is 5.76. The van der Waals surface area contributed by atoms with Crippen LogP contribution >= 0.6 is 0 Å². The molecule has 0 aliphatic carbocycles. The third kappa shape index (κ3) is 4.60. The van der Waals surface area contributed by atoms with E-state index < -0.39 is 0 Å². The van der Waals surface area contributed by atoms with E-state index in [1.807, 2.05) is 13.8 Å². The molecule has 0 aliphatic rings. The van der Waals surface area contributed by atoms with E-state index in [4.69, 9.17) is 0 Å². The fourth-order valence-electron chi connectivity index (χ4n) is 0.725. The highest BCUT2D eigenvalue weighted by molar-refractivity contribution is 4.29. The van der Waals surface area contributed by atoms with Crippen molar-refractivity contribution in [2.45, 2.75) is 13.8 Å². The van der Waals surface area contributed by atoms with Gasteiger partial charge in [0.15, 0.2) is 6.79 Å². The zero-order chi connectivity index (χ0) is 9.40. The summed E-state index contributed by atoms with van der Waals surface area (Å²) in [6.45, 7) is 5.20. The molecule has 0 fully saturated rings. The van der Waals surface area contributed by atoms with Crippen LogP contribution in [-0.4, -0.2) is 32.0 Å². The smallest absolute Gasteiger partial charge is 0.171 e. The highest BCUT2D eigenvalue weighted by atomic mass is 16.8. The molecule has 0 aliphatic heterocycles. The molecule has 0 saturated heterocycles. The summed E-state index contributed by atoms with van der Waals surface area (Å²) in [6.07, 6.45) is 0. The van der Waals surface area contributed by atoms with Gasteiger partial charge in [-0.15, -0.1) is 5.01 Å². The number of methoxy groups -OCH3 is 1. The number of rotatable bonds is 7. The highest BCUT2D eigenvalue weighted by Crippen LogP contribution is 1.71. The van der Waals surface area contributed by atoms with E-state index in [2.05, 4.69) is 15.2 Å². The maximum Gasteiger partial charge on any atom is 0.171 e. The number of nitrogens with zero attached hydrogens (tertiary/aromatic N) is 1. The van der Waals surface area contributed by atoms with Gasteiger partial charge < -0.3 is 9.94 Å². The molecule has 12 heavy (non-hydrogen) atoms. The summed E-state index contributed by atoms with van der Waals surface area (Å²) in [5.41, 5.74) is 2.25. The lowest BCUT2D eigenvalue weighted by molar-refractivity contribution is -1.04. The summed E-state index contributed by atoms with van der Waals surface area (Å²) in [7, 11) is 1.49. The molecule has 0 radical (unpaired) electrons. The Bertz CT molecular complexity index is 100. The second-order valence-corrected chi connectivity index (χ2v) is 2.13. The van der Waals surface area contributed by atoms with Gasteiger partial charge in [-0.3, -0.25) is 0 Å². The second kappa shape index (κ2) is 7.41. The van der Waals surface area contributed by atoms with E-state index in [0.717, 1.165) is 0 Å². The molecular formula is C6H17N3O3. The van der Waals surface area contributed by atoms with Gasteiger partial charge in [-0.1, -0.05) is 0 Å². The Morgan fingerprint density at radius 3 is 2.42 bits per heavy atom. The molecule has 6 nitrogen and oxygen atoms in total. The topological polar surface area (TPSA) is 61.2 Å². The molecule has 0 aromatic rings. The van der Waals surface area contributed by atoms with E-state index in [1.54, 1.807) is 5.01 Å². The maximum atomic E-state index is 11.1. The van der Waals surface area contributed by atoms with Crippen LogP contribution in [-0.2, 0) is 9.57 Å². The quantitative estimate of drug-likeness (QED) is 0.288. The Morgan fingerprint density at radius 2 is 2.00 bits per heavy atom. The van der Waals surface area contributed by atoms with Crippen molar-refractivity contribution in [1.29, 1.82) is 0 Å². The van der Waals surface area contributed by atoms with Crippen LogP contribution in [0.3, 0.4) is 0 Å². The average Bonchev–Trinajstić information content (AvgIpc) is 2.07. The van der Waals surface area contributed by atoms with Crippen molar-refractivity contribution in [3.8, 4) is 0 Å². The molecule has 0 amide bonds. The summed E-state index contributed by atoms with van der Waals surface area (Å²) in [6, 6.07) is 0. The van der Waals surface area contributed by atoms with E-state index in [1.165, 1.54) is 7.11 Å². The summed E-state index contributed by atoms with van der Waals surface area (Å²) in [5.74, 6) is 0. The Hall–Kier alpha value is -0.240. The molecule has 0 rings (SSSR count). The standard InChI is InChI=1S/C6H17N3O3/c1-4-8(5-2)9(10)7-12-6-11-3/h7,9H,4-6H2,1-3H3. The Morgan fingerprint density at radius 1 is 1.42 bits per heavy atom. The summed E-state index contributed by atoms with van der Waals surface area (Å²) in [4.78, 5) is 4.67. The Labute approximate surface area is 72.5 Å². The predicted octanol–water partition coefficient (Wildman–Crippen LogP) is -1.33. The van der Waals surface area contributed by atoms with E-state index in [0.29, 0.717) is 13.1 Å². The van der Waals surface area contributed by atoms with Crippen molar-refractivity contribution in [3.05, 3.63) is 5.21 Å². The predicted molar refractivity (Wildman–Crippen MR) is 43.3 cm³/mol. The fourth-order valence-corrected chi connectivity index (χ4v) is 0.725. The van der Waals surface area contributed by atoms with E-state index >= 15 is 0 Å². The van der Waals surface area contributed by atoms with Crippen LogP contribution in [0.4, 0.5) is 0 Å². The van der Waals surface area contributed by atoms with Gasteiger partial charge in [-0.25, -0.2) is 4.84 Å². The lowest BCUT2D eigenvalue weighted by Gasteiger charge is -2.30. The largest absolute Gasteiger partial charge is 0.591 e. The molecule has 0 spiro atoms. The monoisotopic (exact) mass is 179 g/mol. The maximum absolute atomic E-state index is 11.1. The summed E-state index contributed by atoms with van der Waals surface area (Å²) in [5, 5.41) is 12.5. The van der Waals surface area contributed by atoms with Gasteiger partial charge in [0, 0.05) is 20.2 Å². The number of hydrogen-bond acceptors (Lipinski definition) is 5. The molecule has 0 heterocycles. The Balaban J connectivity index is 3.47. The van der Waals surface area contributed by atoms with Crippen LogP contribution in [0.2, 0.25) is 0 Å². The molecule has 0 saturated carbocycles. The van der Waals surface area contributed by atoms with Crippen LogP contribution in [0.5, 0.6) is 0 Å². The van der Waals surface area contributed by atoms with E-state index in [9.17, 15) is 5.21 Å². The average molecular weight is 179 g/mol. The van der Waals surface area contributed by atoms with Crippen LogP contribution in [0.25, 0.3) is 0 Å². The minimum absolute atomic E-state index is 0.0625. The molecule has 74 valence electrons. The highest BCUT2D eigenvalue weighted by Gasteiger charge is 2.05. The van der Waals surface area contributed by atoms with Crippen molar-refractivity contribution in [3.63, 3.8) is 0 Å². The zero-order valence-electron chi connectivity index (χ0n) is 7.79. The fraction of sp³-hybridized carbons (Fsp3) is 1.00. The number of nitrogens with one attached hydrogen (secondary N) is 2. The van der Waals surface area contributed by atoms with Crippen molar-refractivity contribution in [2.75, 3.05) is 27.0 Å². The van der Waals surface area contributed by atoms with Crippen LogP contribution in [0.15, 0.2) is 0 Å². The van der Waals surface area contributed by atoms with Crippen LogP contribution in [0, 0.1) is 5.21 Å². The first-order valence-corrected chi connectivity index (χ1v) is 3.91. The second-order valence-electron chi connectivity index (χ2n) is 2.13. The Kier molecular flexibility index (Phi) is 7.26. The molecule has 1 unspecified atom stereocenters. The van der Waals surface area contributed by atoms with Crippen molar-refractivity contribution < 1.29 is 14.9 Å². The first kappa shape index (κ1) is 11.8. The summed E-state index contributed by atoms with van der Waals surface area (Å²) < 4.78 is 4.58. The normalized spacial score (nSPS) is 13.8. The van der Waals surface area contributed by atoms with Gasteiger partial charge in [-0.2, -0.15) is 5.28 Å². The van der Waals surface area contributed by atoms with Gasteiger partial charge in [0.1, 0.15) is 0 Å².